The van der Waals surface area contributed by atoms with Crippen LogP contribution in [0.2, 0.25) is 0 Å². The van der Waals surface area contributed by atoms with Crippen molar-refractivity contribution in [2.24, 2.45) is 0 Å². The lowest BCUT2D eigenvalue weighted by Gasteiger charge is -2.01. The SMILES string of the molecule is O=CNS(=O)(=O)c1ccccc1F. The Morgan fingerprint density at radius 1 is 1.31 bits per heavy atom. The van der Waals surface area contributed by atoms with E-state index in [2.05, 4.69) is 0 Å². The van der Waals surface area contributed by atoms with E-state index in [-0.39, 0.29) is 6.41 Å². The average molecular weight is 203 g/mol. The van der Waals surface area contributed by atoms with E-state index < -0.39 is 20.7 Å². The summed E-state index contributed by atoms with van der Waals surface area (Å²) < 4.78 is 36.5. The number of benzene rings is 1. The minimum atomic E-state index is -4.03. The lowest BCUT2D eigenvalue weighted by Crippen LogP contribution is -2.22. The molecule has 0 fully saturated rings. The predicted molar refractivity (Wildman–Crippen MR) is 42.8 cm³/mol. The van der Waals surface area contributed by atoms with Crippen LogP contribution in [0.1, 0.15) is 0 Å². The molecule has 0 aliphatic carbocycles. The van der Waals surface area contributed by atoms with Crippen molar-refractivity contribution in [3.8, 4) is 0 Å². The van der Waals surface area contributed by atoms with E-state index in [0.717, 1.165) is 12.1 Å². The van der Waals surface area contributed by atoms with Crippen LogP contribution in [0.15, 0.2) is 29.2 Å². The summed E-state index contributed by atoms with van der Waals surface area (Å²) in [6.45, 7) is 0. The lowest BCUT2D eigenvalue weighted by molar-refractivity contribution is -0.108. The van der Waals surface area contributed by atoms with E-state index in [1.807, 2.05) is 0 Å². The second-order valence-electron chi connectivity index (χ2n) is 2.17. The van der Waals surface area contributed by atoms with E-state index in [0.29, 0.717) is 0 Å². The van der Waals surface area contributed by atoms with Crippen molar-refractivity contribution in [1.29, 1.82) is 0 Å². The molecule has 1 aromatic carbocycles. The summed E-state index contributed by atoms with van der Waals surface area (Å²) in [6.07, 6.45) is -0.0121. The van der Waals surface area contributed by atoms with Crippen LogP contribution in [0.3, 0.4) is 0 Å². The minimum absolute atomic E-state index is 0.0121. The van der Waals surface area contributed by atoms with Crippen molar-refractivity contribution >= 4 is 16.4 Å². The molecule has 13 heavy (non-hydrogen) atoms. The van der Waals surface area contributed by atoms with Crippen molar-refractivity contribution in [3.05, 3.63) is 30.1 Å². The molecule has 1 rings (SSSR count). The predicted octanol–water partition coefficient (Wildman–Crippen LogP) is 0.260. The quantitative estimate of drug-likeness (QED) is 0.717. The van der Waals surface area contributed by atoms with E-state index >= 15 is 0 Å². The highest BCUT2D eigenvalue weighted by atomic mass is 32.2. The summed E-state index contributed by atoms with van der Waals surface area (Å²) in [5.74, 6) is -0.892. The first-order valence-corrected chi connectivity index (χ1v) is 4.77. The fraction of sp³-hybridized carbons (Fsp3) is 0. The molecule has 0 spiro atoms. The lowest BCUT2D eigenvalue weighted by atomic mass is 10.4. The van der Waals surface area contributed by atoms with Gasteiger partial charge in [0.25, 0.3) is 10.0 Å². The average Bonchev–Trinajstić information content (AvgIpc) is 2.04. The summed E-state index contributed by atoms with van der Waals surface area (Å²) >= 11 is 0. The van der Waals surface area contributed by atoms with Crippen LogP contribution in [-0.4, -0.2) is 14.8 Å². The number of carbonyl (C=O) groups excluding carboxylic acids is 1. The second kappa shape index (κ2) is 3.53. The van der Waals surface area contributed by atoms with E-state index in [1.54, 1.807) is 0 Å². The molecule has 0 saturated heterocycles. The third-order valence-electron chi connectivity index (χ3n) is 1.33. The summed E-state index contributed by atoms with van der Waals surface area (Å²) in [5.41, 5.74) is 0. The standard InChI is InChI=1S/C7H6FNO3S/c8-6-3-1-2-4-7(6)13(11,12)9-5-10/h1-5H,(H,9,10). The molecule has 0 aliphatic heterocycles. The molecule has 1 aromatic rings. The zero-order chi connectivity index (χ0) is 9.90. The number of carbonyl (C=O) groups is 1. The Morgan fingerprint density at radius 3 is 2.46 bits per heavy atom. The van der Waals surface area contributed by atoms with Gasteiger partial charge < -0.3 is 0 Å². The molecule has 0 unspecified atom stereocenters. The Balaban J connectivity index is 3.22. The van der Waals surface area contributed by atoms with Gasteiger partial charge in [0.15, 0.2) is 0 Å². The zero-order valence-corrected chi connectivity index (χ0v) is 7.21. The monoisotopic (exact) mass is 203 g/mol. The number of amides is 1. The maximum absolute atomic E-state index is 12.9. The van der Waals surface area contributed by atoms with Crippen molar-refractivity contribution in [1.82, 2.24) is 4.72 Å². The normalized spacial score (nSPS) is 10.8. The molecular formula is C7H6FNO3S. The Kier molecular flexibility index (Phi) is 2.62. The van der Waals surface area contributed by atoms with Crippen LogP contribution < -0.4 is 4.72 Å². The summed E-state index contributed by atoms with van der Waals surface area (Å²) in [7, 11) is -4.03. The molecule has 0 heterocycles. The molecule has 0 atom stereocenters. The number of hydrogen-bond donors (Lipinski definition) is 1. The Morgan fingerprint density at radius 2 is 1.92 bits per heavy atom. The van der Waals surface area contributed by atoms with Gasteiger partial charge in [0, 0.05) is 0 Å². The Hall–Kier alpha value is -1.43. The molecular weight excluding hydrogens is 197 g/mol. The van der Waals surface area contributed by atoms with E-state index in [1.165, 1.54) is 16.9 Å². The molecule has 6 heteroatoms. The molecule has 70 valence electrons. The minimum Gasteiger partial charge on any atom is -0.278 e. The third-order valence-corrected chi connectivity index (χ3v) is 2.65. The summed E-state index contributed by atoms with van der Waals surface area (Å²) in [5, 5.41) is 0. The number of hydrogen-bond acceptors (Lipinski definition) is 3. The Labute approximate surface area is 74.4 Å². The van der Waals surface area contributed by atoms with Crippen molar-refractivity contribution in [3.63, 3.8) is 0 Å². The maximum atomic E-state index is 12.9. The first-order valence-electron chi connectivity index (χ1n) is 3.28. The molecule has 0 saturated carbocycles. The van der Waals surface area contributed by atoms with Crippen molar-refractivity contribution in [2.75, 3.05) is 0 Å². The van der Waals surface area contributed by atoms with Crippen LogP contribution >= 0.6 is 0 Å². The van der Waals surface area contributed by atoms with Crippen molar-refractivity contribution < 1.29 is 17.6 Å². The van der Waals surface area contributed by atoms with Gasteiger partial charge in [-0.25, -0.2) is 12.8 Å². The topological polar surface area (TPSA) is 63.2 Å². The van der Waals surface area contributed by atoms with Crippen LogP contribution in [0, 0.1) is 5.82 Å². The molecule has 0 radical (unpaired) electrons. The number of halogens is 1. The van der Waals surface area contributed by atoms with E-state index in [9.17, 15) is 17.6 Å². The van der Waals surface area contributed by atoms with E-state index in [4.69, 9.17) is 0 Å². The van der Waals surface area contributed by atoms with Gasteiger partial charge in [0.2, 0.25) is 6.41 Å². The third kappa shape index (κ3) is 2.03. The Bertz CT molecular complexity index is 416. The van der Waals surface area contributed by atoms with Crippen LogP contribution in [0.25, 0.3) is 0 Å². The van der Waals surface area contributed by atoms with Crippen LogP contribution in [-0.2, 0) is 14.8 Å². The highest BCUT2D eigenvalue weighted by molar-refractivity contribution is 7.90. The van der Waals surface area contributed by atoms with Gasteiger partial charge in [-0.05, 0) is 12.1 Å². The number of nitrogens with one attached hydrogen (secondary N) is 1. The largest absolute Gasteiger partial charge is 0.278 e. The van der Waals surface area contributed by atoms with Gasteiger partial charge >= 0.3 is 0 Å². The van der Waals surface area contributed by atoms with Crippen LogP contribution in [0.4, 0.5) is 4.39 Å². The second-order valence-corrected chi connectivity index (χ2v) is 3.85. The molecule has 1 amide bonds. The van der Waals surface area contributed by atoms with Gasteiger partial charge in [-0.3, -0.25) is 9.52 Å². The molecule has 4 nitrogen and oxygen atoms in total. The first-order chi connectivity index (χ1) is 6.08. The number of rotatable bonds is 3. The fourth-order valence-corrected chi connectivity index (χ4v) is 1.63. The molecule has 0 aromatic heterocycles. The fourth-order valence-electron chi connectivity index (χ4n) is 0.789. The van der Waals surface area contributed by atoms with Gasteiger partial charge in [-0.1, -0.05) is 12.1 Å². The summed E-state index contributed by atoms with van der Waals surface area (Å²) in [4.78, 5) is 9.35. The summed E-state index contributed by atoms with van der Waals surface area (Å²) in [6, 6.07) is 4.79. The molecule has 0 bridgehead atoms. The molecule has 1 N–H and O–H groups in total. The van der Waals surface area contributed by atoms with Crippen LogP contribution in [0.5, 0.6) is 0 Å². The van der Waals surface area contributed by atoms with Crippen molar-refractivity contribution in [2.45, 2.75) is 4.90 Å². The first kappa shape index (κ1) is 9.66. The maximum Gasteiger partial charge on any atom is 0.266 e. The highest BCUT2D eigenvalue weighted by Crippen LogP contribution is 2.11. The van der Waals surface area contributed by atoms with Gasteiger partial charge in [-0.15, -0.1) is 0 Å². The van der Waals surface area contributed by atoms with Gasteiger partial charge in [0.1, 0.15) is 10.7 Å². The van der Waals surface area contributed by atoms with Gasteiger partial charge in [0.05, 0.1) is 0 Å². The smallest absolute Gasteiger partial charge is 0.266 e. The zero-order valence-electron chi connectivity index (χ0n) is 6.40. The highest BCUT2D eigenvalue weighted by Gasteiger charge is 2.16. The molecule has 0 aliphatic rings. The number of sulfonamides is 1. The van der Waals surface area contributed by atoms with Gasteiger partial charge in [-0.2, -0.15) is 0 Å².